The van der Waals surface area contributed by atoms with Gasteiger partial charge < -0.3 is 9.15 Å². The smallest absolute Gasteiger partial charge is 0.450 e. The summed E-state index contributed by atoms with van der Waals surface area (Å²) in [6.07, 6.45) is 0.970. The monoisotopic (exact) mass is 422 g/mol. The van der Waals surface area contributed by atoms with E-state index in [1.54, 1.807) is 12.1 Å². The van der Waals surface area contributed by atoms with Gasteiger partial charge in [-0.05, 0) is 67.2 Å². The molecule has 0 spiro atoms. The Morgan fingerprint density at radius 2 is 1.67 bits per heavy atom. The zero-order valence-corrected chi connectivity index (χ0v) is 16.2. The highest BCUT2D eigenvalue weighted by molar-refractivity contribution is 6.06. The molecule has 3 unspecified atom stereocenters. The highest BCUT2D eigenvalue weighted by Crippen LogP contribution is 2.49. The minimum atomic E-state index is -5.04. The van der Waals surface area contributed by atoms with Gasteiger partial charge in [-0.2, -0.15) is 4.39 Å². The van der Waals surface area contributed by atoms with Gasteiger partial charge in [-0.3, -0.25) is 0 Å². The minimum Gasteiger partial charge on any atom is -0.450 e. The largest absolute Gasteiger partial charge is 0.573 e. The van der Waals surface area contributed by atoms with E-state index in [0.29, 0.717) is 16.9 Å². The molecule has 158 valence electrons. The van der Waals surface area contributed by atoms with Crippen LogP contribution in [0.1, 0.15) is 38.2 Å². The number of halogens is 5. The number of furan rings is 1. The lowest BCUT2D eigenvalue weighted by atomic mass is 9.83. The fourth-order valence-corrected chi connectivity index (χ4v) is 4.77. The maximum Gasteiger partial charge on any atom is 0.573 e. The van der Waals surface area contributed by atoms with Crippen molar-refractivity contribution in [3.63, 3.8) is 0 Å². The molecule has 1 fully saturated rings. The molecule has 0 amide bonds. The standard InChI is InChI=1S/C23H19F5O2/c1-11-10-17(11)13-4-2-12(3-5-13)14-6-7-15-16-8-9-18(30-23(26,27)28)20(25)22(16)29-21(15)19(14)24/h2,6-9,11,13,17H,3-5,10H2,1H3. The summed E-state index contributed by atoms with van der Waals surface area (Å²) in [5, 5.41) is 0.507. The maximum atomic E-state index is 15.3. The van der Waals surface area contributed by atoms with Crippen molar-refractivity contribution in [2.45, 2.75) is 39.0 Å². The third-order valence-electron chi connectivity index (χ3n) is 6.45. The second-order valence-electron chi connectivity index (χ2n) is 8.35. The highest BCUT2D eigenvalue weighted by atomic mass is 19.4. The van der Waals surface area contributed by atoms with Crippen molar-refractivity contribution in [2.75, 3.05) is 0 Å². The third kappa shape index (κ3) is 3.24. The lowest BCUT2D eigenvalue weighted by Gasteiger charge is -2.22. The van der Waals surface area contributed by atoms with Gasteiger partial charge in [0.1, 0.15) is 0 Å². The second-order valence-corrected chi connectivity index (χ2v) is 8.35. The average molecular weight is 422 g/mol. The normalized spacial score (nSPS) is 24.3. The van der Waals surface area contributed by atoms with Crippen LogP contribution in [0.25, 0.3) is 27.5 Å². The molecule has 2 aromatic carbocycles. The van der Waals surface area contributed by atoms with Gasteiger partial charge in [0, 0.05) is 16.3 Å². The van der Waals surface area contributed by atoms with Crippen LogP contribution in [0.15, 0.2) is 34.8 Å². The van der Waals surface area contributed by atoms with E-state index in [-0.39, 0.29) is 11.0 Å². The first kappa shape index (κ1) is 19.4. The molecule has 2 aliphatic carbocycles. The first-order valence-electron chi connectivity index (χ1n) is 10.0. The van der Waals surface area contributed by atoms with Crippen LogP contribution in [0.4, 0.5) is 22.0 Å². The van der Waals surface area contributed by atoms with Crippen molar-refractivity contribution in [3.05, 3.63) is 47.5 Å². The van der Waals surface area contributed by atoms with Crippen molar-refractivity contribution >= 4 is 27.5 Å². The molecule has 1 heterocycles. The van der Waals surface area contributed by atoms with Crippen LogP contribution in [-0.4, -0.2) is 6.36 Å². The van der Waals surface area contributed by atoms with Crippen molar-refractivity contribution in [2.24, 2.45) is 17.8 Å². The van der Waals surface area contributed by atoms with Crippen molar-refractivity contribution in [1.82, 2.24) is 0 Å². The van der Waals surface area contributed by atoms with E-state index in [1.807, 2.05) is 0 Å². The van der Waals surface area contributed by atoms with Gasteiger partial charge in [0.25, 0.3) is 0 Å². The second kappa shape index (κ2) is 6.72. The van der Waals surface area contributed by atoms with E-state index in [2.05, 4.69) is 17.7 Å². The predicted octanol–water partition coefficient (Wildman–Crippen LogP) is 7.60. The number of hydrogen-bond donors (Lipinski definition) is 0. The van der Waals surface area contributed by atoms with Gasteiger partial charge >= 0.3 is 6.36 Å². The van der Waals surface area contributed by atoms with Crippen molar-refractivity contribution in [1.29, 1.82) is 0 Å². The summed E-state index contributed by atoms with van der Waals surface area (Å²) in [4.78, 5) is 0. The molecule has 3 atom stereocenters. The van der Waals surface area contributed by atoms with Crippen molar-refractivity contribution in [3.8, 4) is 5.75 Å². The van der Waals surface area contributed by atoms with E-state index >= 15 is 4.39 Å². The summed E-state index contributed by atoms with van der Waals surface area (Å²) in [6, 6.07) is 5.37. The number of rotatable bonds is 3. The van der Waals surface area contributed by atoms with Gasteiger partial charge in [0.2, 0.25) is 5.82 Å². The molecule has 3 aromatic rings. The van der Waals surface area contributed by atoms with E-state index in [0.717, 1.165) is 42.7 Å². The Balaban J connectivity index is 1.53. The topological polar surface area (TPSA) is 22.4 Å². The molecule has 7 heteroatoms. The fraction of sp³-hybridized carbons (Fsp3) is 0.391. The van der Waals surface area contributed by atoms with Crippen LogP contribution in [0.5, 0.6) is 5.75 Å². The molecule has 0 radical (unpaired) electrons. The van der Waals surface area contributed by atoms with Crippen LogP contribution in [0, 0.1) is 29.4 Å². The first-order chi connectivity index (χ1) is 14.2. The number of benzene rings is 2. The zero-order valence-electron chi connectivity index (χ0n) is 16.2. The number of fused-ring (bicyclic) bond motifs is 3. The van der Waals surface area contributed by atoms with E-state index < -0.39 is 29.3 Å². The molecule has 1 aromatic heterocycles. The van der Waals surface area contributed by atoms with E-state index in [1.165, 1.54) is 12.5 Å². The lowest BCUT2D eigenvalue weighted by Crippen LogP contribution is -2.17. The predicted molar refractivity (Wildman–Crippen MR) is 103 cm³/mol. The molecule has 5 rings (SSSR count). The summed E-state index contributed by atoms with van der Waals surface area (Å²) in [7, 11) is 0. The van der Waals surface area contributed by atoms with Crippen LogP contribution in [0.3, 0.4) is 0 Å². The van der Waals surface area contributed by atoms with Crippen LogP contribution in [-0.2, 0) is 0 Å². The maximum absolute atomic E-state index is 15.3. The summed E-state index contributed by atoms with van der Waals surface area (Å²) >= 11 is 0. The summed E-state index contributed by atoms with van der Waals surface area (Å²) in [5.74, 6) is -0.754. The highest BCUT2D eigenvalue weighted by Gasteiger charge is 2.39. The number of alkyl halides is 3. The molecule has 30 heavy (non-hydrogen) atoms. The molecule has 0 N–H and O–H groups in total. The van der Waals surface area contributed by atoms with E-state index in [9.17, 15) is 17.6 Å². The van der Waals surface area contributed by atoms with Gasteiger partial charge in [-0.25, -0.2) is 4.39 Å². The summed E-state index contributed by atoms with van der Waals surface area (Å²) in [5.41, 5.74) is 0.671. The Kier molecular flexibility index (Phi) is 4.35. The molecule has 1 saturated carbocycles. The Hall–Kier alpha value is -2.57. The SMILES string of the molecule is CC1CC1C1CC=C(c2ccc3c(oc4c(F)c(OC(F)(F)F)ccc43)c2F)CC1. The Morgan fingerprint density at radius 3 is 2.27 bits per heavy atom. The lowest BCUT2D eigenvalue weighted by molar-refractivity contribution is -0.275. The fourth-order valence-electron chi connectivity index (χ4n) is 4.77. The number of hydrogen-bond acceptors (Lipinski definition) is 2. The average Bonchev–Trinajstić information content (AvgIpc) is 3.29. The third-order valence-corrected chi connectivity index (χ3v) is 6.45. The molecule has 0 saturated heterocycles. The molecular formula is C23H19F5O2. The Labute approximate surface area is 169 Å². The van der Waals surface area contributed by atoms with Crippen LogP contribution >= 0.6 is 0 Å². The van der Waals surface area contributed by atoms with Crippen molar-refractivity contribution < 1.29 is 31.1 Å². The minimum absolute atomic E-state index is 0.163. The summed E-state index contributed by atoms with van der Waals surface area (Å²) in [6.45, 7) is 2.25. The summed E-state index contributed by atoms with van der Waals surface area (Å²) < 4.78 is 76.2. The molecule has 2 nitrogen and oxygen atoms in total. The van der Waals surface area contributed by atoms with Gasteiger partial charge in [0.05, 0.1) is 0 Å². The molecular weight excluding hydrogens is 403 g/mol. The van der Waals surface area contributed by atoms with Crippen LogP contribution in [0.2, 0.25) is 0 Å². The van der Waals surface area contributed by atoms with Gasteiger partial charge in [0.15, 0.2) is 22.7 Å². The molecule has 0 bridgehead atoms. The Morgan fingerprint density at radius 1 is 1.00 bits per heavy atom. The molecule has 0 aliphatic heterocycles. The number of allylic oxidation sites excluding steroid dienone is 2. The van der Waals surface area contributed by atoms with Gasteiger partial charge in [-0.1, -0.05) is 19.1 Å². The van der Waals surface area contributed by atoms with E-state index in [4.69, 9.17) is 4.42 Å². The number of ether oxygens (including phenoxy) is 1. The first-order valence-corrected chi connectivity index (χ1v) is 10.0. The van der Waals surface area contributed by atoms with Crippen LogP contribution < -0.4 is 4.74 Å². The quantitative estimate of drug-likeness (QED) is 0.406. The van der Waals surface area contributed by atoms with Gasteiger partial charge in [-0.15, -0.1) is 13.2 Å². The zero-order chi connectivity index (χ0) is 21.2. The molecule has 2 aliphatic rings. The Bertz CT molecular complexity index is 1170.